The molecule has 0 aliphatic heterocycles. The van der Waals surface area contributed by atoms with Crippen molar-refractivity contribution in [3.05, 3.63) is 59.7 Å². The zero-order valence-corrected chi connectivity index (χ0v) is 13.2. The molecule has 0 heterocycles. The van der Waals surface area contributed by atoms with Gasteiger partial charge in [0.1, 0.15) is 17.3 Å². The number of benzene rings is 2. The maximum Gasteiger partial charge on any atom is 0.262 e. The van der Waals surface area contributed by atoms with Crippen molar-refractivity contribution in [2.24, 2.45) is 0 Å². The Kier molecular flexibility index (Phi) is 4.23. The van der Waals surface area contributed by atoms with Crippen LogP contribution in [0.5, 0.6) is 0 Å². The third-order valence-electron chi connectivity index (χ3n) is 3.54. The van der Waals surface area contributed by atoms with Gasteiger partial charge in [-0.2, -0.15) is 0 Å². The molecule has 0 unspecified atom stereocenters. The summed E-state index contributed by atoms with van der Waals surface area (Å²) in [6, 6.07) is 8.35. The highest BCUT2D eigenvalue weighted by Crippen LogP contribution is 2.23. The molecule has 0 aromatic heterocycles. The number of sulfonamides is 1. The maximum atomic E-state index is 13.6. The summed E-state index contributed by atoms with van der Waals surface area (Å²) in [5.74, 6) is -2.31. The van der Waals surface area contributed by atoms with Gasteiger partial charge in [-0.05, 0) is 49.2 Å². The molecule has 0 bridgehead atoms. The first-order chi connectivity index (χ1) is 11.4. The number of para-hydroxylation sites is 1. The van der Waals surface area contributed by atoms with Gasteiger partial charge < -0.3 is 5.32 Å². The van der Waals surface area contributed by atoms with Crippen LogP contribution in [0.15, 0.2) is 47.4 Å². The van der Waals surface area contributed by atoms with Crippen LogP contribution in [0.25, 0.3) is 0 Å². The minimum absolute atomic E-state index is 0.187. The minimum Gasteiger partial charge on any atom is -0.349 e. The quantitative estimate of drug-likeness (QED) is 0.869. The first-order valence-electron chi connectivity index (χ1n) is 7.24. The van der Waals surface area contributed by atoms with E-state index in [9.17, 15) is 22.0 Å². The van der Waals surface area contributed by atoms with Gasteiger partial charge in [0.05, 0.1) is 4.90 Å². The lowest BCUT2D eigenvalue weighted by Gasteiger charge is -2.10. The van der Waals surface area contributed by atoms with Crippen molar-refractivity contribution >= 4 is 21.6 Å². The summed E-state index contributed by atoms with van der Waals surface area (Å²) in [6.45, 7) is 0. The summed E-state index contributed by atoms with van der Waals surface area (Å²) >= 11 is 0. The minimum atomic E-state index is -4.17. The Morgan fingerprint density at radius 3 is 2.12 bits per heavy atom. The standard InChI is InChI=1S/C16H14F2N2O3S/c17-13-2-1-3-14(18)15(13)20-24(22,23)12-8-4-10(5-9-12)16(21)19-11-6-7-11/h1-5,8-9,11,20H,6-7H2,(H,19,21). The van der Waals surface area contributed by atoms with Crippen LogP contribution in [-0.4, -0.2) is 20.4 Å². The Hall–Kier alpha value is -2.48. The molecule has 1 fully saturated rings. The molecule has 126 valence electrons. The van der Waals surface area contributed by atoms with Crippen LogP contribution >= 0.6 is 0 Å². The number of rotatable bonds is 5. The number of nitrogens with one attached hydrogen (secondary N) is 2. The summed E-state index contributed by atoms with van der Waals surface area (Å²) in [6.07, 6.45) is 1.88. The Balaban J connectivity index is 1.80. The smallest absolute Gasteiger partial charge is 0.262 e. The average Bonchev–Trinajstić information content (AvgIpc) is 3.35. The highest BCUT2D eigenvalue weighted by Gasteiger charge is 2.24. The highest BCUT2D eigenvalue weighted by molar-refractivity contribution is 7.92. The number of anilines is 1. The average molecular weight is 352 g/mol. The normalized spacial score (nSPS) is 14.2. The van der Waals surface area contributed by atoms with E-state index in [2.05, 4.69) is 5.32 Å². The topological polar surface area (TPSA) is 75.3 Å². The Bertz CT molecular complexity index is 858. The number of amides is 1. The fourth-order valence-electron chi connectivity index (χ4n) is 2.07. The zero-order valence-electron chi connectivity index (χ0n) is 12.4. The lowest BCUT2D eigenvalue weighted by atomic mass is 10.2. The maximum absolute atomic E-state index is 13.6. The van der Waals surface area contributed by atoms with E-state index in [4.69, 9.17) is 0 Å². The van der Waals surface area contributed by atoms with Crippen molar-refractivity contribution in [2.75, 3.05) is 4.72 Å². The number of halogens is 2. The molecule has 1 amide bonds. The molecule has 0 atom stereocenters. The van der Waals surface area contributed by atoms with Gasteiger partial charge >= 0.3 is 0 Å². The number of hydrogen-bond acceptors (Lipinski definition) is 3. The molecule has 1 aliphatic carbocycles. The van der Waals surface area contributed by atoms with Crippen molar-refractivity contribution in [1.82, 2.24) is 5.32 Å². The molecule has 3 rings (SSSR count). The Labute approximate surface area is 137 Å². The van der Waals surface area contributed by atoms with Gasteiger partial charge in [-0.1, -0.05) is 6.07 Å². The van der Waals surface area contributed by atoms with E-state index < -0.39 is 27.3 Å². The van der Waals surface area contributed by atoms with Crippen molar-refractivity contribution in [2.45, 2.75) is 23.8 Å². The van der Waals surface area contributed by atoms with E-state index in [0.717, 1.165) is 31.0 Å². The second kappa shape index (κ2) is 6.20. The number of carbonyl (C=O) groups is 1. The van der Waals surface area contributed by atoms with Gasteiger partial charge in [-0.3, -0.25) is 9.52 Å². The Morgan fingerprint density at radius 2 is 1.58 bits per heavy atom. The molecule has 5 nitrogen and oxygen atoms in total. The van der Waals surface area contributed by atoms with Gasteiger partial charge in [0.15, 0.2) is 0 Å². The predicted octanol–water partition coefficient (Wildman–Crippen LogP) is 2.66. The first-order valence-corrected chi connectivity index (χ1v) is 8.73. The number of carbonyl (C=O) groups excluding carboxylic acids is 1. The molecule has 1 aliphatic rings. The second-order valence-corrected chi connectivity index (χ2v) is 7.16. The first kappa shape index (κ1) is 16.4. The van der Waals surface area contributed by atoms with Crippen LogP contribution in [0.1, 0.15) is 23.2 Å². The molecule has 0 saturated heterocycles. The van der Waals surface area contributed by atoms with E-state index in [0.29, 0.717) is 5.56 Å². The predicted molar refractivity (Wildman–Crippen MR) is 84.1 cm³/mol. The van der Waals surface area contributed by atoms with Crippen molar-refractivity contribution < 1.29 is 22.0 Å². The molecule has 2 aromatic carbocycles. The van der Waals surface area contributed by atoms with E-state index in [1.165, 1.54) is 24.3 Å². The van der Waals surface area contributed by atoms with Crippen molar-refractivity contribution in [3.63, 3.8) is 0 Å². The largest absolute Gasteiger partial charge is 0.349 e. The molecule has 2 N–H and O–H groups in total. The van der Waals surface area contributed by atoms with Gasteiger partial charge in [0.2, 0.25) is 0 Å². The lowest BCUT2D eigenvalue weighted by Crippen LogP contribution is -2.25. The number of hydrogen-bond donors (Lipinski definition) is 2. The van der Waals surface area contributed by atoms with Gasteiger partial charge in [-0.25, -0.2) is 17.2 Å². The van der Waals surface area contributed by atoms with Crippen LogP contribution in [0.4, 0.5) is 14.5 Å². The molecular formula is C16H14F2N2O3S. The van der Waals surface area contributed by atoms with Gasteiger partial charge in [-0.15, -0.1) is 0 Å². The van der Waals surface area contributed by atoms with Crippen LogP contribution in [0.2, 0.25) is 0 Å². The van der Waals surface area contributed by atoms with Gasteiger partial charge in [0.25, 0.3) is 15.9 Å². The third-order valence-corrected chi connectivity index (χ3v) is 4.90. The van der Waals surface area contributed by atoms with Crippen LogP contribution in [-0.2, 0) is 10.0 Å². The fraction of sp³-hybridized carbons (Fsp3) is 0.188. The van der Waals surface area contributed by atoms with Crippen LogP contribution < -0.4 is 10.0 Å². The van der Waals surface area contributed by atoms with E-state index in [-0.39, 0.29) is 16.8 Å². The molecule has 8 heteroatoms. The lowest BCUT2D eigenvalue weighted by molar-refractivity contribution is 0.0951. The summed E-state index contributed by atoms with van der Waals surface area (Å²) < 4.78 is 53.5. The summed E-state index contributed by atoms with van der Waals surface area (Å²) in [5, 5.41) is 2.78. The van der Waals surface area contributed by atoms with E-state index in [1.54, 1.807) is 0 Å². The second-order valence-electron chi connectivity index (χ2n) is 5.47. The molecule has 0 spiro atoms. The molecule has 0 radical (unpaired) electrons. The summed E-state index contributed by atoms with van der Waals surface area (Å²) in [7, 11) is -4.17. The van der Waals surface area contributed by atoms with Crippen LogP contribution in [0.3, 0.4) is 0 Å². The monoisotopic (exact) mass is 352 g/mol. The molecule has 1 saturated carbocycles. The highest BCUT2D eigenvalue weighted by atomic mass is 32.2. The van der Waals surface area contributed by atoms with E-state index in [1.807, 2.05) is 4.72 Å². The molecule has 2 aromatic rings. The van der Waals surface area contributed by atoms with Crippen molar-refractivity contribution in [3.8, 4) is 0 Å². The SMILES string of the molecule is O=C(NC1CC1)c1ccc(S(=O)(=O)Nc2c(F)cccc2F)cc1. The van der Waals surface area contributed by atoms with Gasteiger partial charge in [0, 0.05) is 11.6 Å². The summed E-state index contributed by atoms with van der Waals surface area (Å²) in [4.78, 5) is 11.7. The molecule has 24 heavy (non-hydrogen) atoms. The zero-order chi connectivity index (χ0) is 17.3. The third kappa shape index (κ3) is 3.53. The molecular weight excluding hydrogens is 338 g/mol. The Morgan fingerprint density at radius 1 is 1.00 bits per heavy atom. The van der Waals surface area contributed by atoms with Crippen LogP contribution in [0, 0.1) is 11.6 Å². The summed E-state index contributed by atoms with van der Waals surface area (Å²) in [5.41, 5.74) is -0.425. The van der Waals surface area contributed by atoms with Crippen molar-refractivity contribution in [1.29, 1.82) is 0 Å². The fourth-order valence-corrected chi connectivity index (χ4v) is 3.15. The van der Waals surface area contributed by atoms with E-state index >= 15 is 0 Å².